The summed E-state index contributed by atoms with van der Waals surface area (Å²) < 4.78 is 39.3. The van der Waals surface area contributed by atoms with Crippen LogP contribution in [0.2, 0.25) is 0 Å². The highest BCUT2D eigenvalue weighted by molar-refractivity contribution is 5.83. The summed E-state index contributed by atoms with van der Waals surface area (Å²) in [6.07, 6.45) is -1.75. The zero-order valence-corrected chi connectivity index (χ0v) is 17.2. The lowest BCUT2D eigenvalue weighted by Crippen LogP contribution is -2.46. The molecule has 1 aliphatic carbocycles. The Balaban J connectivity index is 1.31. The zero-order chi connectivity index (χ0) is 21.8. The van der Waals surface area contributed by atoms with Crippen LogP contribution < -0.4 is 0 Å². The van der Waals surface area contributed by atoms with Gasteiger partial charge in [0.2, 0.25) is 0 Å². The Hall–Kier alpha value is -2.75. The van der Waals surface area contributed by atoms with E-state index in [1.165, 1.54) is 6.08 Å². The van der Waals surface area contributed by atoms with E-state index in [0.29, 0.717) is 25.2 Å². The minimum Gasteiger partial charge on any atom is -0.388 e. The zero-order valence-electron chi connectivity index (χ0n) is 17.2. The lowest BCUT2D eigenvalue weighted by Gasteiger charge is -2.37. The van der Waals surface area contributed by atoms with Crippen molar-refractivity contribution < 1.29 is 18.3 Å². The van der Waals surface area contributed by atoms with Gasteiger partial charge in [0.15, 0.2) is 0 Å². The second kappa shape index (κ2) is 9.17. The molecule has 1 aliphatic heterocycles. The molecule has 3 nitrogen and oxygen atoms in total. The molecule has 1 fully saturated rings. The van der Waals surface area contributed by atoms with Gasteiger partial charge < -0.3 is 10.0 Å². The van der Waals surface area contributed by atoms with Crippen molar-refractivity contribution in [2.24, 2.45) is 0 Å². The molecule has 1 saturated heterocycles. The minimum atomic E-state index is -4.35. The maximum atomic E-state index is 13.1. The van der Waals surface area contributed by atoms with Crippen molar-refractivity contribution in [3.05, 3.63) is 71.5 Å². The van der Waals surface area contributed by atoms with E-state index in [0.717, 1.165) is 36.0 Å². The first-order chi connectivity index (χ1) is 14.9. The van der Waals surface area contributed by atoms with Crippen molar-refractivity contribution in [2.45, 2.75) is 25.1 Å². The number of nitrogens with zero attached hydrogens (tertiary/aromatic N) is 2. The van der Waals surface area contributed by atoms with Crippen LogP contribution in [-0.4, -0.2) is 53.8 Å². The van der Waals surface area contributed by atoms with Gasteiger partial charge in [0.25, 0.3) is 0 Å². The Kier molecular flexibility index (Phi) is 6.35. The summed E-state index contributed by atoms with van der Waals surface area (Å²) in [6.45, 7) is 3.50. The highest BCUT2D eigenvalue weighted by Gasteiger charge is 2.34. The van der Waals surface area contributed by atoms with E-state index in [1.807, 2.05) is 47.4 Å². The van der Waals surface area contributed by atoms with E-state index in [4.69, 9.17) is 0 Å². The number of aliphatic hydroxyl groups is 1. The second-order valence-corrected chi connectivity index (χ2v) is 7.97. The van der Waals surface area contributed by atoms with Crippen molar-refractivity contribution in [3.8, 4) is 11.8 Å². The predicted molar refractivity (Wildman–Crippen MR) is 116 cm³/mol. The van der Waals surface area contributed by atoms with E-state index in [9.17, 15) is 18.3 Å². The Morgan fingerprint density at radius 1 is 1.00 bits per heavy atom. The number of hydrogen-bond acceptors (Lipinski definition) is 3. The van der Waals surface area contributed by atoms with Crippen molar-refractivity contribution in [1.29, 1.82) is 0 Å². The van der Waals surface area contributed by atoms with Crippen LogP contribution in [0.4, 0.5) is 13.2 Å². The van der Waals surface area contributed by atoms with Gasteiger partial charge in [0.05, 0.1) is 6.10 Å². The van der Waals surface area contributed by atoms with E-state index < -0.39 is 17.9 Å². The highest BCUT2D eigenvalue weighted by atomic mass is 19.4. The number of benzene rings is 2. The molecule has 0 bridgehead atoms. The fourth-order valence-corrected chi connectivity index (χ4v) is 4.02. The molecule has 0 saturated carbocycles. The number of aliphatic hydroxyl groups excluding tert-OH is 1. The van der Waals surface area contributed by atoms with E-state index in [1.54, 1.807) is 6.08 Å². The summed E-state index contributed by atoms with van der Waals surface area (Å²) in [5, 5.41) is 12.9. The summed E-state index contributed by atoms with van der Waals surface area (Å²) in [5.41, 5.74) is 0.849. The Bertz CT molecular complexity index is 1050. The number of piperazine rings is 1. The third-order valence-corrected chi connectivity index (χ3v) is 5.90. The van der Waals surface area contributed by atoms with E-state index >= 15 is 0 Å². The topological polar surface area (TPSA) is 26.7 Å². The molecule has 6 heteroatoms. The fraction of sp³-hybridized carbons (Fsp3) is 0.360. The van der Waals surface area contributed by atoms with Crippen LogP contribution in [0.5, 0.6) is 0 Å². The molecule has 0 radical (unpaired) electrons. The van der Waals surface area contributed by atoms with Crippen molar-refractivity contribution in [2.75, 3.05) is 32.7 Å². The third kappa shape index (κ3) is 5.30. The molecule has 1 heterocycles. The first-order valence-corrected chi connectivity index (χ1v) is 10.5. The number of hydrogen-bond donors (Lipinski definition) is 1. The fourth-order valence-electron chi connectivity index (χ4n) is 4.02. The number of alkyl halides is 3. The van der Waals surface area contributed by atoms with Gasteiger partial charge in [-0.3, -0.25) is 4.90 Å². The molecular formula is C25H25F3N2O. The molecule has 4 rings (SSSR count). The smallest absolute Gasteiger partial charge is 0.388 e. The minimum absolute atomic E-state index is 0.268. The van der Waals surface area contributed by atoms with Gasteiger partial charge in [-0.15, -0.1) is 0 Å². The maximum Gasteiger partial charge on any atom is 0.413 e. The molecule has 0 spiro atoms. The number of rotatable bonds is 5. The van der Waals surface area contributed by atoms with Crippen LogP contribution in [0.25, 0.3) is 10.8 Å². The van der Waals surface area contributed by atoms with Gasteiger partial charge >= 0.3 is 6.18 Å². The van der Waals surface area contributed by atoms with Gasteiger partial charge in [-0.25, -0.2) is 0 Å². The lowest BCUT2D eigenvalue weighted by molar-refractivity contribution is -0.0928. The molecule has 2 aliphatic rings. The average Bonchev–Trinajstić information content (AvgIpc) is 3.04. The van der Waals surface area contributed by atoms with Crippen molar-refractivity contribution in [1.82, 2.24) is 9.80 Å². The second-order valence-electron chi connectivity index (χ2n) is 7.97. The average molecular weight is 426 g/mol. The standard InChI is InChI=1S/C25H25F3N2O/c26-25(27,28)22-7-3-4-8-23(18-22)30-15-13-29(14-16-30)12-11-24(31)21-10-9-19-5-1-2-6-20(19)17-21/h1-2,5-6,8-10,17-18,24,31H,7,11-16H2. The van der Waals surface area contributed by atoms with Crippen molar-refractivity contribution >= 4 is 10.8 Å². The number of fused-ring (bicyclic) bond motifs is 1. The Morgan fingerprint density at radius 2 is 1.74 bits per heavy atom. The summed E-state index contributed by atoms with van der Waals surface area (Å²) in [4.78, 5) is 4.21. The normalized spacial score (nSPS) is 18.6. The SMILES string of the molecule is OC(CCN1CCN(C2=CC#CCC(C(F)(F)F)=C2)CC1)c1ccc2ccccc2c1. The molecule has 2 aromatic rings. The van der Waals surface area contributed by atoms with Crippen LogP contribution in [0.15, 0.2) is 65.9 Å². The van der Waals surface area contributed by atoms with Gasteiger partial charge in [-0.1, -0.05) is 48.2 Å². The number of halogens is 3. The van der Waals surface area contributed by atoms with Crippen LogP contribution in [0.1, 0.15) is 24.5 Å². The molecular weight excluding hydrogens is 401 g/mol. The highest BCUT2D eigenvalue weighted by Crippen LogP contribution is 2.30. The molecule has 162 valence electrons. The summed E-state index contributed by atoms with van der Waals surface area (Å²) >= 11 is 0. The predicted octanol–water partition coefficient (Wildman–Crippen LogP) is 4.66. The quantitative estimate of drug-likeness (QED) is 0.705. The van der Waals surface area contributed by atoms with Crippen molar-refractivity contribution in [3.63, 3.8) is 0 Å². The molecule has 0 aromatic heterocycles. The first-order valence-electron chi connectivity index (χ1n) is 10.5. The Labute approximate surface area is 180 Å². The maximum absolute atomic E-state index is 13.1. The summed E-state index contributed by atoms with van der Waals surface area (Å²) in [6, 6.07) is 14.1. The van der Waals surface area contributed by atoms with Crippen LogP contribution in [-0.2, 0) is 0 Å². The van der Waals surface area contributed by atoms with Crippen LogP contribution >= 0.6 is 0 Å². The van der Waals surface area contributed by atoms with Crippen LogP contribution in [0.3, 0.4) is 0 Å². The van der Waals surface area contributed by atoms with Gasteiger partial charge in [-0.2, -0.15) is 13.2 Å². The largest absolute Gasteiger partial charge is 0.413 e. The van der Waals surface area contributed by atoms with Gasteiger partial charge in [0.1, 0.15) is 0 Å². The molecule has 1 atom stereocenters. The summed E-state index contributed by atoms with van der Waals surface area (Å²) in [5.74, 6) is 5.29. The van der Waals surface area contributed by atoms with E-state index in [2.05, 4.69) is 16.7 Å². The summed E-state index contributed by atoms with van der Waals surface area (Å²) in [7, 11) is 0. The lowest BCUT2D eigenvalue weighted by atomic mass is 10.0. The van der Waals surface area contributed by atoms with Gasteiger partial charge in [-0.05, 0) is 34.9 Å². The van der Waals surface area contributed by atoms with Crippen LogP contribution in [0, 0.1) is 11.8 Å². The molecule has 1 N–H and O–H groups in total. The molecule has 2 aromatic carbocycles. The monoisotopic (exact) mass is 426 g/mol. The third-order valence-electron chi connectivity index (χ3n) is 5.90. The molecule has 31 heavy (non-hydrogen) atoms. The molecule has 1 unspecified atom stereocenters. The Morgan fingerprint density at radius 3 is 2.48 bits per heavy atom. The first kappa shape index (κ1) is 21.5. The number of allylic oxidation sites excluding steroid dienone is 3. The van der Waals surface area contributed by atoms with E-state index in [-0.39, 0.29) is 6.42 Å². The van der Waals surface area contributed by atoms with Gasteiger partial charge in [0, 0.05) is 56.5 Å². The molecule has 0 amide bonds.